The van der Waals surface area contributed by atoms with Gasteiger partial charge in [0.1, 0.15) is 5.75 Å². The maximum Gasteiger partial charge on any atom is 0.419 e. The van der Waals surface area contributed by atoms with Crippen molar-refractivity contribution in [2.45, 2.75) is 6.18 Å². The summed E-state index contributed by atoms with van der Waals surface area (Å²) in [5.41, 5.74) is -0.792. The zero-order valence-electron chi connectivity index (χ0n) is 5.85. The first-order valence-electron chi connectivity index (χ1n) is 3.05. The molecule has 0 aromatic heterocycles. The van der Waals surface area contributed by atoms with Crippen LogP contribution in [0.2, 0.25) is 0 Å². The van der Waals surface area contributed by atoms with Crippen LogP contribution in [-0.4, -0.2) is 10.5 Å². The molecular weight excluding hydrogens is 185 g/mol. The van der Waals surface area contributed by atoms with Gasteiger partial charge in [0.05, 0.1) is 5.56 Å². The van der Waals surface area contributed by atoms with Crippen LogP contribution < -0.4 is 4.43 Å². The lowest BCUT2D eigenvalue weighted by Crippen LogP contribution is -2.07. The quantitative estimate of drug-likeness (QED) is 0.615. The molecule has 0 N–H and O–H groups in total. The van der Waals surface area contributed by atoms with E-state index in [9.17, 15) is 13.2 Å². The summed E-state index contributed by atoms with van der Waals surface area (Å²) in [6, 6.07) is 4.95. The van der Waals surface area contributed by atoms with Crippen molar-refractivity contribution in [3.8, 4) is 5.75 Å². The maximum absolute atomic E-state index is 12.1. The van der Waals surface area contributed by atoms with Crippen LogP contribution in [0, 0.1) is 0 Å². The van der Waals surface area contributed by atoms with Gasteiger partial charge in [0.15, 0.2) is 0 Å². The van der Waals surface area contributed by atoms with Crippen molar-refractivity contribution < 1.29 is 17.6 Å². The summed E-state index contributed by atoms with van der Waals surface area (Å²) in [7, 11) is 2.55. The normalized spacial score (nSPS) is 11.3. The Bertz CT molecular complexity index is 272. The summed E-state index contributed by atoms with van der Waals surface area (Å²) in [4.78, 5) is 0. The largest absolute Gasteiger partial charge is 0.540 e. The Morgan fingerprint density at radius 2 is 1.75 bits per heavy atom. The van der Waals surface area contributed by atoms with Gasteiger partial charge in [-0.1, -0.05) is 12.1 Å². The first-order valence-corrected chi connectivity index (χ1v) is 3.46. The Morgan fingerprint density at radius 3 is 2.17 bits per heavy atom. The third-order valence-electron chi connectivity index (χ3n) is 1.30. The summed E-state index contributed by atoms with van der Waals surface area (Å²) in [6.07, 6.45) is -4.37. The van der Waals surface area contributed by atoms with Crippen molar-refractivity contribution in [1.82, 2.24) is 0 Å². The van der Waals surface area contributed by atoms with Crippen LogP contribution in [0.5, 0.6) is 5.75 Å². The molecule has 0 spiro atoms. The molecule has 0 aliphatic carbocycles. The molecule has 12 heavy (non-hydrogen) atoms. The first-order chi connectivity index (χ1) is 5.55. The van der Waals surface area contributed by atoms with Crippen LogP contribution >= 0.6 is 0 Å². The number of alkyl halides is 3. The van der Waals surface area contributed by atoms with Crippen LogP contribution in [0.25, 0.3) is 0 Å². The van der Waals surface area contributed by atoms with Crippen molar-refractivity contribution in [2.75, 3.05) is 0 Å². The Kier molecular flexibility index (Phi) is 2.42. The number of hydrogen-bond acceptors (Lipinski definition) is 1. The summed E-state index contributed by atoms with van der Waals surface area (Å²) >= 11 is 0. The molecule has 1 aromatic carbocycles. The Morgan fingerprint density at radius 1 is 1.17 bits per heavy atom. The highest BCUT2D eigenvalue weighted by atomic mass is 28.2. The second-order valence-corrected chi connectivity index (χ2v) is 2.30. The first kappa shape index (κ1) is 9.12. The molecule has 0 saturated heterocycles. The second-order valence-electron chi connectivity index (χ2n) is 2.10. The molecule has 1 aromatic rings. The summed E-state index contributed by atoms with van der Waals surface area (Å²) in [5, 5.41) is 0. The van der Waals surface area contributed by atoms with Crippen LogP contribution in [-0.2, 0) is 6.18 Å². The van der Waals surface area contributed by atoms with Crippen molar-refractivity contribution in [2.24, 2.45) is 0 Å². The lowest BCUT2D eigenvalue weighted by atomic mass is 10.2. The van der Waals surface area contributed by atoms with E-state index in [0.29, 0.717) is 0 Å². The standard InChI is InChI=1S/C7H4F3OSi/c8-7(9,10)5-3-1-2-4-6(5)11-12/h1-4H. The van der Waals surface area contributed by atoms with E-state index in [1.165, 1.54) is 18.2 Å². The smallest absolute Gasteiger partial charge is 0.419 e. The number of rotatable bonds is 1. The number of para-hydroxylation sites is 1. The lowest BCUT2D eigenvalue weighted by Gasteiger charge is -2.10. The van der Waals surface area contributed by atoms with Gasteiger partial charge in [-0.05, 0) is 12.1 Å². The highest BCUT2D eigenvalue weighted by Gasteiger charge is 2.33. The van der Waals surface area contributed by atoms with Gasteiger partial charge in [-0.25, -0.2) is 0 Å². The predicted molar refractivity (Wildman–Crippen MR) is 37.8 cm³/mol. The number of hydrogen-bond donors (Lipinski definition) is 0. The highest BCUT2D eigenvalue weighted by Crippen LogP contribution is 2.35. The topological polar surface area (TPSA) is 9.23 Å². The van der Waals surface area contributed by atoms with Crippen molar-refractivity contribution in [3.63, 3.8) is 0 Å². The summed E-state index contributed by atoms with van der Waals surface area (Å²) in [6.45, 7) is 0. The SMILES string of the molecule is FC(F)(F)c1ccccc1O[Si]. The van der Waals surface area contributed by atoms with Gasteiger partial charge in [0.2, 0.25) is 0 Å². The van der Waals surface area contributed by atoms with Crippen molar-refractivity contribution >= 4 is 10.5 Å². The van der Waals surface area contributed by atoms with E-state index in [1.54, 1.807) is 0 Å². The molecule has 1 rings (SSSR count). The van der Waals surface area contributed by atoms with E-state index >= 15 is 0 Å². The minimum absolute atomic E-state index is 0.235. The zero-order valence-corrected chi connectivity index (χ0v) is 6.85. The minimum atomic E-state index is -4.37. The minimum Gasteiger partial charge on any atom is -0.540 e. The average Bonchev–Trinajstić information content (AvgIpc) is 2.03. The summed E-state index contributed by atoms with van der Waals surface area (Å²) < 4.78 is 40.8. The monoisotopic (exact) mass is 189 g/mol. The highest BCUT2D eigenvalue weighted by molar-refractivity contribution is 6.00. The van der Waals surface area contributed by atoms with Gasteiger partial charge in [-0.3, -0.25) is 0 Å². The fourth-order valence-corrected chi connectivity index (χ4v) is 0.968. The molecule has 0 fully saturated rings. The van der Waals surface area contributed by atoms with Gasteiger partial charge < -0.3 is 4.43 Å². The molecule has 0 amide bonds. The molecule has 0 unspecified atom stereocenters. The predicted octanol–water partition coefficient (Wildman–Crippen LogP) is 2.17. The van der Waals surface area contributed by atoms with E-state index in [0.717, 1.165) is 6.07 Å². The molecule has 0 aliphatic rings. The van der Waals surface area contributed by atoms with Gasteiger partial charge in [-0.15, -0.1) is 0 Å². The van der Waals surface area contributed by atoms with Crippen molar-refractivity contribution in [1.29, 1.82) is 0 Å². The van der Waals surface area contributed by atoms with E-state index < -0.39 is 11.7 Å². The van der Waals surface area contributed by atoms with Crippen LogP contribution in [0.3, 0.4) is 0 Å². The fraction of sp³-hybridized carbons (Fsp3) is 0.143. The van der Waals surface area contributed by atoms with E-state index in [-0.39, 0.29) is 5.75 Å². The average molecular weight is 189 g/mol. The fourth-order valence-electron chi connectivity index (χ4n) is 0.790. The molecule has 5 heteroatoms. The molecular formula is C7H4F3OSi. The molecule has 1 nitrogen and oxygen atoms in total. The molecule has 63 valence electrons. The van der Waals surface area contributed by atoms with Crippen LogP contribution in [0.15, 0.2) is 24.3 Å². The zero-order chi connectivity index (χ0) is 9.19. The Hall–Kier alpha value is -0.973. The van der Waals surface area contributed by atoms with Crippen LogP contribution in [0.1, 0.15) is 5.56 Å². The molecule has 0 aliphatic heterocycles. The number of benzene rings is 1. The molecule has 0 heterocycles. The lowest BCUT2D eigenvalue weighted by molar-refractivity contribution is -0.138. The van der Waals surface area contributed by atoms with Crippen molar-refractivity contribution in [3.05, 3.63) is 29.8 Å². The van der Waals surface area contributed by atoms with Gasteiger partial charge >= 0.3 is 16.7 Å². The van der Waals surface area contributed by atoms with E-state index in [1.807, 2.05) is 0 Å². The van der Waals surface area contributed by atoms with Gasteiger partial charge in [-0.2, -0.15) is 13.2 Å². The summed E-state index contributed by atoms with van der Waals surface area (Å²) in [5.74, 6) is -0.235. The van der Waals surface area contributed by atoms with Gasteiger partial charge in [0.25, 0.3) is 0 Å². The third-order valence-corrected chi connectivity index (χ3v) is 1.52. The molecule has 3 radical (unpaired) electrons. The maximum atomic E-state index is 12.1. The van der Waals surface area contributed by atoms with E-state index in [2.05, 4.69) is 14.9 Å². The molecule has 0 bridgehead atoms. The third kappa shape index (κ3) is 1.79. The second kappa shape index (κ2) is 3.18. The molecule has 0 atom stereocenters. The Labute approximate surface area is 70.7 Å². The number of halogens is 3. The van der Waals surface area contributed by atoms with Crippen LogP contribution in [0.4, 0.5) is 13.2 Å². The van der Waals surface area contributed by atoms with Gasteiger partial charge in [0, 0.05) is 0 Å². The molecule has 0 saturated carbocycles. The van der Waals surface area contributed by atoms with E-state index in [4.69, 9.17) is 0 Å². The Balaban J connectivity index is 3.14.